The number of nitrogens with zero attached hydrogens (tertiary/aromatic N) is 2. The van der Waals surface area contributed by atoms with Gasteiger partial charge in [-0.2, -0.15) is 0 Å². The van der Waals surface area contributed by atoms with E-state index >= 15 is 0 Å². The number of hydrazine groups is 1. The zero-order chi connectivity index (χ0) is 19.3. The standard InChI is InChI=1S/C21H27ClN4O2/c1-2-27-14-18-21(28-18)25-24-20-19(22)17(8-11-23-20)26-12-9-16(10-13-26)15-6-4-3-5-7-15/h3-8,11,16,18,21,25H,2,9-10,12-14H2,1H3,(H,23,24). The summed E-state index contributed by atoms with van der Waals surface area (Å²) in [6.45, 7) is 5.22. The monoisotopic (exact) mass is 402 g/mol. The summed E-state index contributed by atoms with van der Waals surface area (Å²) in [5.41, 5.74) is 8.66. The molecular formula is C21H27ClN4O2. The van der Waals surface area contributed by atoms with Gasteiger partial charge in [-0.15, -0.1) is 0 Å². The Balaban J connectivity index is 1.33. The van der Waals surface area contributed by atoms with Crippen LogP contribution in [0.1, 0.15) is 31.2 Å². The van der Waals surface area contributed by atoms with E-state index in [-0.39, 0.29) is 12.3 Å². The lowest BCUT2D eigenvalue weighted by Crippen LogP contribution is -2.33. The molecule has 2 aliphatic heterocycles. The van der Waals surface area contributed by atoms with Crippen LogP contribution in [0.4, 0.5) is 11.5 Å². The Kier molecular flexibility index (Phi) is 6.32. The molecule has 6 nitrogen and oxygen atoms in total. The van der Waals surface area contributed by atoms with E-state index in [9.17, 15) is 0 Å². The highest BCUT2D eigenvalue weighted by molar-refractivity contribution is 6.35. The van der Waals surface area contributed by atoms with Crippen molar-refractivity contribution in [2.24, 2.45) is 0 Å². The highest BCUT2D eigenvalue weighted by atomic mass is 35.5. The lowest BCUT2D eigenvalue weighted by molar-refractivity contribution is 0.128. The van der Waals surface area contributed by atoms with E-state index in [0.29, 0.717) is 30.0 Å². The fourth-order valence-corrected chi connectivity index (χ4v) is 3.99. The van der Waals surface area contributed by atoms with E-state index in [4.69, 9.17) is 21.1 Å². The Morgan fingerprint density at radius 1 is 1.21 bits per heavy atom. The van der Waals surface area contributed by atoms with Crippen LogP contribution in [0.25, 0.3) is 0 Å². The van der Waals surface area contributed by atoms with Gasteiger partial charge in [-0.05, 0) is 37.3 Å². The quantitative estimate of drug-likeness (QED) is 0.517. The van der Waals surface area contributed by atoms with Gasteiger partial charge in [0.2, 0.25) is 0 Å². The zero-order valence-electron chi connectivity index (χ0n) is 16.1. The van der Waals surface area contributed by atoms with Gasteiger partial charge in [0, 0.05) is 25.9 Å². The molecule has 1 aromatic carbocycles. The first-order chi connectivity index (χ1) is 13.8. The lowest BCUT2D eigenvalue weighted by Gasteiger charge is -2.34. The number of benzene rings is 1. The number of nitrogens with one attached hydrogen (secondary N) is 2. The van der Waals surface area contributed by atoms with Gasteiger partial charge in [-0.1, -0.05) is 41.9 Å². The summed E-state index contributed by atoms with van der Waals surface area (Å²) in [7, 11) is 0. The van der Waals surface area contributed by atoms with Gasteiger partial charge in [0.25, 0.3) is 0 Å². The summed E-state index contributed by atoms with van der Waals surface area (Å²) >= 11 is 6.65. The van der Waals surface area contributed by atoms with Gasteiger partial charge in [0.1, 0.15) is 11.1 Å². The molecule has 0 radical (unpaired) electrons. The molecule has 0 spiro atoms. The summed E-state index contributed by atoms with van der Waals surface area (Å²) in [5.74, 6) is 1.24. The number of halogens is 1. The van der Waals surface area contributed by atoms with Crippen molar-refractivity contribution in [1.29, 1.82) is 0 Å². The number of hydrogen-bond acceptors (Lipinski definition) is 6. The first-order valence-corrected chi connectivity index (χ1v) is 10.3. The number of epoxide rings is 1. The third kappa shape index (κ3) is 4.58. The third-order valence-electron chi connectivity index (χ3n) is 5.38. The average molecular weight is 403 g/mol. The predicted octanol–water partition coefficient (Wildman–Crippen LogP) is 3.80. The van der Waals surface area contributed by atoms with E-state index in [2.05, 4.69) is 51.1 Å². The van der Waals surface area contributed by atoms with Crippen LogP contribution in [0.5, 0.6) is 0 Å². The lowest BCUT2D eigenvalue weighted by atomic mass is 9.89. The summed E-state index contributed by atoms with van der Waals surface area (Å²) in [6.07, 6.45) is 4.04. The first-order valence-electron chi connectivity index (χ1n) is 9.95. The van der Waals surface area contributed by atoms with Gasteiger partial charge >= 0.3 is 0 Å². The Bertz CT molecular complexity index is 768. The molecule has 0 saturated carbocycles. The molecule has 1 aromatic heterocycles. The number of piperidine rings is 1. The smallest absolute Gasteiger partial charge is 0.161 e. The summed E-state index contributed by atoms with van der Waals surface area (Å²) < 4.78 is 10.9. The number of anilines is 2. The Morgan fingerprint density at radius 2 is 2.00 bits per heavy atom. The zero-order valence-corrected chi connectivity index (χ0v) is 16.9. The van der Waals surface area contributed by atoms with Crippen LogP contribution in [0, 0.1) is 0 Å². The summed E-state index contributed by atoms with van der Waals surface area (Å²) in [4.78, 5) is 6.71. The first kappa shape index (κ1) is 19.5. The molecule has 2 atom stereocenters. The molecule has 2 N–H and O–H groups in total. The van der Waals surface area contributed by atoms with E-state index in [0.717, 1.165) is 31.6 Å². The van der Waals surface area contributed by atoms with Crippen LogP contribution in [0.15, 0.2) is 42.6 Å². The summed E-state index contributed by atoms with van der Waals surface area (Å²) in [6, 6.07) is 12.8. The minimum atomic E-state index is -0.0744. The highest BCUT2D eigenvalue weighted by Crippen LogP contribution is 2.36. The maximum Gasteiger partial charge on any atom is 0.161 e. The normalized spacial score (nSPS) is 22.3. The molecule has 2 saturated heterocycles. The molecule has 3 heterocycles. The molecule has 2 aliphatic rings. The maximum absolute atomic E-state index is 6.65. The molecule has 150 valence electrons. The maximum atomic E-state index is 6.65. The van der Waals surface area contributed by atoms with Crippen LogP contribution < -0.4 is 15.8 Å². The van der Waals surface area contributed by atoms with Gasteiger partial charge in [-0.3, -0.25) is 0 Å². The Labute approximate surface area is 171 Å². The van der Waals surface area contributed by atoms with E-state index in [1.807, 2.05) is 13.0 Å². The summed E-state index contributed by atoms with van der Waals surface area (Å²) in [5, 5.41) is 0.634. The van der Waals surface area contributed by atoms with Crippen molar-refractivity contribution >= 4 is 23.1 Å². The second-order valence-electron chi connectivity index (χ2n) is 7.19. The van der Waals surface area contributed by atoms with Crippen LogP contribution >= 0.6 is 11.6 Å². The average Bonchev–Trinajstić information content (AvgIpc) is 3.50. The molecule has 0 bridgehead atoms. The molecule has 7 heteroatoms. The Morgan fingerprint density at radius 3 is 2.75 bits per heavy atom. The fraction of sp³-hybridized carbons (Fsp3) is 0.476. The molecular weight excluding hydrogens is 376 g/mol. The molecule has 4 rings (SSSR count). The van der Waals surface area contributed by atoms with Gasteiger partial charge in [0.05, 0.1) is 12.3 Å². The minimum absolute atomic E-state index is 0.0744. The minimum Gasteiger partial charge on any atom is -0.379 e. The SMILES string of the molecule is CCOCC1OC1NNc1nccc(N2CCC(c3ccccc3)CC2)c1Cl. The van der Waals surface area contributed by atoms with Crippen LogP contribution in [-0.4, -0.2) is 43.6 Å². The molecule has 2 fully saturated rings. The number of hydrogen-bond donors (Lipinski definition) is 2. The van der Waals surface area contributed by atoms with Gasteiger partial charge < -0.3 is 19.8 Å². The fourth-order valence-electron chi connectivity index (χ4n) is 3.71. The van der Waals surface area contributed by atoms with Crippen molar-refractivity contribution in [3.8, 4) is 0 Å². The van der Waals surface area contributed by atoms with E-state index < -0.39 is 0 Å². The molecule has 0 aliphatic carbocycles. The number of ether oxygens (including phenoxy) is 2. The topological polar surface area (TPSA) is 62.0 Å². The van der Waals surface area contributed by atoms with Gasteiger partial charge in [0.15, 0.2) is 12.0 Å². The van der Waals surface area contributed by atoms with Crippen molar-refractivity contribution in [2.45, 2.75) is 38.0 Å². The van der Waals surface area contributed by atoms with Crippen molar-refractivity contribution in [1.82, 2.24) is 10.4 Å². The van der Waals surface area contributed by atoms with Crippen molar-refractivity contribution in [2.75, 3.05) is 36.6 Å². The van der Waals surface area contributed by atoms with Gasteiger partial charge in [-0.25, -0.2) is 10.4 Å². The van der Waals surface area contributed by atoms with E-state index in [1.54, 1.807) is 6.20 Å². The third-order valence-corrected chi connectivity index (χ3v) is 5.75. The van der Waals surface area contributed by atoms with Crippen molar-refractivity contribution in [3.63, 3.8) is 0 Å². The highest BCUT2D eigenvalue weighted by Gasteiger charge is 2.39. The van der Waals surface area contributed by atoms with Crippen LogP contribution in [-0.2, 0) is 9.47 Å². The largest absolute Gasteiger partial charge is 0.379 e. The second-order valence-corrected chi connectivity index (χ2v) is 7.57. The van der Waals surface area contributed by atoms with Crippen molar-refractivity contribution in [3.05, 3.63) is 53.2 Å². The van der Waals surface area contributed by atoms with Crippen LogP contribution in [0.2, 0.25) is 5.02 Å². The van der Waals surface area contributed by atoms with Crippen molar-refractivity contribution < 1.29 is 9.47 Å². The number of aromatic nitrogens is 1. The molecule has 0 amide bonds. The number of rotatable bonds is 8. The number of pyridine rings is 1. The Hall–Kier alpha value is -1.86. The van der Waals surface area contributed by atoms with E-state index in [1.165, 1.54) is 5.56 Å². The van der Waals surface area contributed by atoms with Crippen LogP contribution in [0.3, 0.4) is 0 Å². The predicted molar refractivity (Wildman–Crippen MR) is 112 cm³/mol. The molecule has 28 heavy (non-hydrogen) atoms. The second kappa shape index (κ2) is 9.09. The molecule has 2 unspecified atom stereocenters. The molecule has 2 aromatic rings.